The van der Waals surface area contributed by atoms with Crippen LogP contribution in [0.2, 0.25) is 0 Å². The molecule has 1 aromatic heterocycles. The van der Waals surface area contributed by atoms with Gasteiger partial charge < -0.3 is 20.8 Å². The third-order valence-corrected chi connectivity index (χ3v) is 2.12. The van der Waals surface area contributed by atoms with Gasteiger partial charge in [-0.15, -0.1) is 0 Å². The van der Waals surface area contributed by atoms with E-state index in [2.05, 4.69) is 20.6 Å². The minimum Gasteiger partial charge on any atom is -0.394 e. The lowest BCUT2D eigenvalue weighted by Gasteiger charge is -2.26. The predicted molar refractivity (Wildman–Crippen MR) is 62.4 cm³/mol. The van der Waals surface area contributed by atoms with E-state index in [-0.39, 0.29) is 13.2 Å². The smallest absolute Gasteiger partial charge is 0.224 e. The number of anilines is 2. The van der Waals surface area contributed by atoms with E-state index in [1.807, 2.05) is 6.92 Å². The first-order valence-corrected chi connectivity index (χ1v) is 5.20. The number of aliphatic hydroxyl groups excluding tert-OH is 2. The highest BCUT2D eigenvalue weighted by molar-refractivity contribution is 5.41. The van der Waals surface area contributed by atoms with E-state index in [1.54, 1.807) is 19.2 Å². The highest BCUT2D eigenvalue weighted by atomic mass is 16.3. The Balaban J connectivity index is 2.76. The first kappa shape index (κ1) is 12.7. The summed E-state index contributed by atoms with van der Waals surface area (Å²) in [5, 5.41) is 24.2. The third kappa shape index (κ3) is 3.32. The molecule has 6 nitrogen and oxygen atoms in total. The first-order chi connectivity index (χ1) is 7.63. The van der Waals surface area contributed by atoms with Crippen molar-refractivity contribution in [3.05, 3.63) is 12.3 Å². The Hall–Kier alpha value is -1.40. The van der Waals surface area contributed by atoms with Gasteiger partial charge in [-0.05, 0) is 19.9 Å². The molecule has 1 heterocycles. The predicted octanol–water partition coefficient (Wildman–Crippen LogP) is 0.0636. The zero-order valence-corrected chi connectivity index (χ0v) is 9.56. The molecule has 0 aromatic carbocycles. The maximum atomic E-state index is 9.14. The lowest BCUT2D eigenvalue weighted by atomic mass is 10.1. The third-order valence-electron chi connectivity index (χ3n) is 2.12. The van der Waals surface area contributed by atoms with Crippen LogP contribution in [0.15, 0.2) is 12.3 Å². The molecule has 0 radical (unpaired) electrons. The zero-order valence-electron chi connectivity index (χ0n) is 9.56. The fraction of sp³-hybridized carbons (Fsp3) is 0.600. The van der Waals surface area contributed by atoms with Gasteiger partial charge in [0.05, 0.1) is 18.8 Å². The molecule has 0 amide bonds. The molecule has 0 aliphatic carbocycles. The van der Waals surface area contributed by atoms with E-state index in [0.717, 1.165) is 6.54 Å². The maximum absolute atomic E-state index is 9.14. The van der Waals surface area contributed by atoms with Gasteiger partial charge in [0.1, 0.15) is 5.82 Å². The number of hydrogen-bond donors (Lipinski definition) is 4. The van der Waals surface area contributed by atoms with Crippen molar-refractivity contribution in [3.8, 4) is 0 Å². The van der Waals surface area contributed by atoms with Gasteiger partial charge in [-0.2, -0.15) is 4.98 Å². The normalized spacial score (nSPS) is 11.2. The number of aliphatic hydroxyl groups is 2. The summed E-state index contributed by atoms with van der Waals surface area (Å²) in [6.07, 6.45) is 1.61. The lowest BCUT2D eigenvalue weighted by Crippen LogP contribution is -2.42. The average molecular weight is 226 g/mol. The van der Waals surface area contributed by atoms with Crippen LogP contribution in [0.25, 0.3) is 0 Å². The van der Waals surface area contributed by atoms with Crippen molar-refractivity contribution in [1.29, 1.82) is 0 Å². The van der Waals surface area contributed by atoms with E-state index in [0.29, 0.717) is 11.8 Å². The van der Waals surface area contributed by atoms with Gasteiger partial charge in [-0.1, -0.05) is 0 Å². The summed E-state index contributed by atoms with van der Waals surface area (Å²) in [4.78, 5) is 8.21. The molecule has 0 atom stereocenters. The molecule has 0 spiro atoms. The standard InChI is InChI=1S/C10H18N4O2/c1-3-11-9-12-5-4-8(13-9)14-10(2,6-15)7-16/h4-5,15-16H,3,6-7H2,1-2H3,(H2,11,12,13,14). The van der Waals surface area contributed by atoms with Gasteiger partial charge in [-0.25, -0.2) is 4.98 Å². The van der Waals surface area contributed by atoms with E-state index >= 15 is 0 Å². The SMILES string of the molecule is CCNc1nccc(NC(C)(CO)CO)n1. The van der Waals surface area contributed by atoms with Crippen molar-refractivity contribution < 1.29 is 10.2 Å². The monoisotopic (exact) mass is 226 g/mol. The van der Waals surface area contributed by atoms with Crippen LogP contribution in [0.3, 0.4) is 0 Å². The van der Waals surface area contributed by atoms with Crippen LogP contribution >= 0.6 is 0 Å². The van der Waals surface area contributed by atoms with Crippen LogP contribution in [0.1, 0.15) is 13.8 Å². The van der Waals surface area contributed by atoms with Crippen molar-refractivity contribution in [2.45, 2.75) is 19.4 Å². The number of aromatic nitrogens is 2. The summed E-state index contributed by atoms with van der Waals surface area (Å²) < 4.78 is 0. The molecule has 0 fully saturated rings. The van der Waals surface area contributed by atoms with Gasteiger partial charge in [0.2, 0.25) is 5.95 Å². The number of nitrogens with one attached hydrogen (secondary N) is 2. The number of rotatable bonds is 6. The van der Waals surface area contributed by atoms with Gasteiger partial charge in [-0.3, -0.25) is 0 Å². The molecule has 0 saturated heterocycles. The largest absolute Gasteiger partial charge is 0.394 e. The second-order valence-corrected chi connectivity index (χ2v) is 3.80. The maximum Gasteiger partial charge on any atom is 0.224 e. The summed E-state index contributed by atoms with van der Waals surface area (Å²) in [7, 11) is 0. The number of hydrogen-bond acceptors (Lipinski definition) is 6. The Morgan fingerprint density at radius 1 is 1.38 bits per heavy atom. The Morgan fingerprint density at radius 3 is 2.62 bits per heavy atom. The minimum absolute atomic E-state index is 0.177. The second-order valence-electron chi connectivity index (χ2n) is 3.80. The number of nitrogens with zero attached hydrogens (tertiary/aromatic N) is 2. The fourth-order valence-electron chi connectivity index (χ4n) is 1.11. The molecule has 1 aromatic rings. The van der Waals surface area contributed by atoms with Crippen molar-refractivity contribution in [3.63, 3.8) is 0 Å². The van der Waals surface area contributed by atoms with Crippen LogP contribution in [0.4, 0.5) is 11.8 Å². The molecule has 6 heteroatoms. The van der Waals surface area contributed by atoms with E-state index in [1.165, 1.54) is 0 Å². The molecule has 90 valence electrons. The van der Waals surface area contributed by atoms with Crippen molar-refractivity contribution in [2.75, 3.05) is 30.4 Å². The molecule has 0 aliphatic heterocycles. The van der Waals surface area contributed by atoms with Gasteiger partial charge in [0, 0.05) is 12.7 Å². The summed E-state index contributed by atoms with van der Waals surface area (Å²) in [5.74, 6) is 1.09. The summed E-state index contributed by atoms with van der Waals surface area (Å²) in [5.41, 5.74) is -0.780. The molecule has 0 saturated carbocycles. The summed E-state index contributed by atoms with van der Waals surface area (Å²) >= 11 is 0. The Kier molecular flexibility index (Phi) is 4.45. The molecule has 16 heavy (non-hydrogen) atoms. The Labute approximate surface area is 94.7 Å². The molecular formula is C10H18N4O2. The quantitative estimate of drug-likeness (QED) is 0.548. The minimum atomic E-state index is -0.780. The fourth-order valence-corrected chi connectivity index (χ4v) is 1.11. The van der Waals surface area contributed by atoms with Crippen LogP contribution in [0.5, 0.6) is 0 Å². The Morgan fingerprint density at radius 2 is 2.06 bits per heavy atom. The van der Waals surface area contributed by atoms with Crippen LogP contribution in [-0.4, -0.2) is 45.5 Å². The van der Waals surface area contributed by atoms with Gasteiger partial charge >= 0.3 is 0 Å². The molecule has 0 bridgehead atoms. The lowest BCUT2D eigenvalue weighted by molar-refractivity contribution is 0.147. The average Bonchev–Trinajstić information content (AvgIpc) is 2.30. The van der Waals surface area contributed by atoms with E-state index in [4.69, 9.17) is 10.2 Å². The van der Waals surface area contributed by atoms with Crippen molar-refractivity contribution in [2.24, 2.45) is 0 Å². The molecule has 0 unspecified atom stereocenters. The topological polar surface area (TPSA) is 90.3 Å². The Bertz CT molecular complexity index is 328. The van der Waals surface area contributed by atoms with Crippen molar-refractivity contribution >= 4 is 11.8 Å². The highest BCUT2D eigenvalue weighted by Crippen LogP contribution is 2.13. The zero-order chi connectivity index (χ0) is 12.0. The molecule has 1 rings (SSSR count). The second kappa shape index (κ2) is 5.62. The van der Waals surface area contributed by atoms with E-state index < -0.39 is 5.54 Å². The van der Waals surface area contributed by atoms with Crippen LogP contribution in [-0.2, 0) is 0 Å². The van der Waals surface area contributed by atoms with Crippen LogP contribution in [0, 0.1) is 0 Å². The molecule has 0 aliphatic rings. The first-order valence-electron chi connectivity index (χ1n) is 5.20. The van der Waals surface area contributed by atoms with E-state index in [9.17, 15) is 0 Å². The van der Waals surface area contributed by atoms with Gasteiger partial charge in [0.25, 0.3) is 0 Å². The highest BCUT2D eigenvalue weighted by Gasteiger charge is 2.22. The van der Waals surface area contributed by atoms with Crippen molar-refractivity contribution in [1.82, 2.24) is 9.97 Å². The summed E-state index contributed by atoms with van der Waals surface area (Å²) in [6.45, 7) is 4.05. The van der Waals surface area contributed by atoms with Gasteiger partial charge in [0.15, 0.2) is 0 Å². The summed E-state index contributed by atoms with van der Waals surface area (Å²) in [6, 6.07) is 1.68. The molecule has 4 N–H and O–H groups in total. The molecular weight excluding hydrogens is 208 g/mol. The van der Waals surface area contributed by atoms with Crippen LogP contribution < -0.4 is 10.6 Å².